The topological polar surface area (TPSA) is 68.5 Å². The normalized spacial score (nSPS) is 20.6. The fraction of sp³-hybridized carbons (Fsp3) is 0.545. The van der Waals surface area contributed by atoms with Gasteiger partial charge in [0.25, 0.3) is 0 Å². The molecule has 18 heavy (non-hydrogen) atoms. The summed E-state index contributed by atoms with van der Waals surface area (Å²) in [7, 11) is 0. The lowest BCUT2D eigenvalue weighted by Crippen LogP contribution is -2.31. The number of ether oxygens (including phenoxy) is 1. The molecule has 1 aromatic rings. The predicted octanol–water partition coefficient (Wildman–Crippen LogP) is 2.26. The standard InChI is InChI=1S/C11H14ClN3O3/c1-8-7-14(5-2-6-18-8)11-9(15(16)17)3-4-10(12)13-11/h3-4,8H,2,5-7H2,1H3. The van der Waals surface area contributed by atoms with Crippen molar-refractivity contribution in [3.8, 4) is 0 Å². The predicted molar refractivity (Wildman–Crippen MR) is 68.1 cm³/mol. The van der Waals surface area contributed by atoms with Gasteiger partial charge in [-0.2, -0.15) is 0 Å². The van der Waals surface area contributed by atoms with Gasteiger partial charge in [-0.3, -0.25) is 10.1 Å². The van der Waals surface area contributed by atoms with Crippen LogP contribution >= 0.6 is 11.6 Å². The first-order chi connectivity index (χ1) is 8.58. The molecule has 1 aliphatic rings. The Kier molecular flexibility index (Phi) is 3.98. The summed E-state index contributed by atoms with van der Waals surface area (Å²) in [5, 5.41) is 11.3. The van der Waals surface area contributed by atoms with Crippen LogP contribution in [-0.4, -0.2) is 35.7 Å². The van der Waals surface area contributed by atoms with Gasteiger partial charge in [0, 0.05) is 25.8 Å². The first kappa shape index (κ1) is 13.0. The number of pyridine rings is 1. The average Bonchev–Trinajstić information content (AvgIpc) is 2.53. The van der Waals surface area contributed by atoms with Crippen molar-refractivity contribution in [1.82, 2.24) is 4.98 Å². The van der Waals surface area contributed by atoms with Crippen LogP contribution in [0.5, 0.6) is 0 Å². The van der Waals surface area contributed by atoms with Gasteiger partial charge in [0.2, 0.25) is 5.82 Å². The first-order valence-corrected chi connectivity index (χ1v) is 6.13. The zero-order valence-corrected chi connectivity index (χ0v) is 10.8. The van der Waals surface area contributed by atoms with Gasteiger partial charge in [-0.25, -0.2) is 4.98 Å². The minimum Gasteiger partial charge on any atom is -0.377 e. The molecular formula is C11H14ClN3O3. The van der Waals surface area contributed by atoms with Gasteiger partial charge in [-0.15, -0.1) is 0 Å². The number of nitro groups is 1. The van der Waals surface area contributed by atoms with Crippen molar-refractivity contribution in [2.75, 3.05) is 24.6 Å². The van der Waals surface area contributed by atoms with Crippen LogP contribution in [0.3, 0.4) is 0 Å². The van der Waals surface area contributed by atoms with Gasteiger partial charge < -0.3 is 9.64 Å². The molecule has 0 aliphatic carbocycles. The van der Waals surface area contributed by atoms with Gasteiger partial charge in [0.05, 0.1) is 11.0 Å². The lowest BCUT2D eigenvalue weighted by Gasteiger charge is -2.22. The van der Waals surface area contributed by atoms with Crippen LogP contribution in [0.25, 0.3) is 0 Å². The van der Waals surface area contributed by atoms with E-state index in [9.17, 15) is 10.1 Å². The molecule has 0 aromatic carbocycles. The Balaban J connectivity index is 2.35. The molecule has 2 rings (SSSR count). The Hall–Kier alpha value is -1.40. The molecular weight excluding hydrogens is 258 g/mol. The highest BCUT2D eigenvalue weighted by Gasteiger charge is 2.24. The first-order valence-electron chi connectivity index (χ1n) is 5.75. The van der Waals surface area contributed by atoms with E-state index in [1.54, 1.807) is 0 Å². The highest BCUT2D eigenvalue weighted by Crippen LogP contribution is 2.28. The molecule has 7 heteroatoms. The number of nitrogens with zero attached hydrogens (tertiary/aromatic N) is 3. The smallest absolute Gasteiger partial charge is 0.311 e. The van der Waals surface area contributed by atoms with Crippen molar-refractivity contribution in [2.45, 2.75) is 19.4 Å². The number of halogens is 1. The Bertz CT molecular complexity index is 455. The van der Waals surface area contributed by atoms with Crippen molar-refractivity contribution in [1.29, 1.82) is 0 Å². The third kappa shape index (κ3) is 2.88. The van der Waals surface area contributed by atoms with Crippen molar-refractivity contribution in [2.24, 2.45) is 0 Å². The molecule has 0 amide bonds. The second-order valence-electron chi connectivity index (χ2n) is 4.21. The van der Waals surface area contributed by atoms with E-state index in [0.29, 0.717) is 25.5 Å². The third-order valence-electron chi connectivity index (χ3n) is 2.77. The maximum absolute atomic E-state index is 11.0. The SMILES string of the molecule is CC1CN(c2nc(Cl)ccc2[N+](=O)[O-])CCCO1. The summed E-state index contributed by atoms with van der Waals surface area (Å²) in [6.45, 7) is 3.85. The van der Waals surface area contributed by atoms with Gasteiger partial charge in [0.1, 0.15) is 5.15 Å². The maximum Gasteiger partial charge on any atom is 0.311 e. The van der Waals surface area contributed by atoms with Crippen LogP contribution in [0.4, 0.5) is 11.5 Å². The summed E-state index contributed by atoms with van der Waals surface area (Å²) in [4.78, 5) is 16.5. The highest BCUT2D eigenvalue weighted by molar-refractivity contribution is 6.29. The fourth-order valence-electron chi connectivity index (χ4n) is 1.98. The van der Waals surface area contributed by atoms with Gasteiger partial charge in [0.15, 0.2) is 0 Å². The maximum atomic E-state index is 11.0. The van der Waals surface area contributed by atoms with Crippen molar-refractivity contribution < 1.29 is 9.66 Å². The minimum atomic E-state index is -0.435. The third-order valence-corrected chi connectivity index (χ3v) is 2.98. The molecule has 0 saturated carbocycles. The van der Waals surface area contributed by atoms with Crippen LogP contribution < -0.4 is 4.90 Å². The number of rotatable bonds is 2. The second kappa shape index (κ2) is 5.49. The average molecular weight is 272 g/mol. The Morgan fingerprint density at radius 3 is 3.11 bits per heavy atom. The van der Waals surface area contributed by atoms with Gasteiger partial charge >= 0.3 is 5.69 Å². The second-order valence-corrected chi connectivity index (χ2v) is 4.60. The molecule has 1 aromatic heterocycles. The number of anilines is 1. The van der Waals surface area contributed by atoms with Crippen LogP contribution in [0.1, 0.15) is 13.3 Å². The highest BCUT2D eigenvalue weighted by atomic mass is 35.5. The summed E-state index contributed by atoms with van der Waals surface area (Å²) in [5.74, 6) is 0.324. The summed E-state index contributed by atoms with van der Waals surface area (Å²) in [5.41, 5.74) is -0.0199. The van der Waals surface area contributed by atoms with E-state index in [-0.39, 0.29) is 16.9 Å². The van der Waals surface area contributed by atoms with E-state index in [0.717, 1.165) is 6.42 Å². The molecule has 0 bridgehead atoms. The van der Waals surface area contributed by atoms with Crippen LogP contribution in [0.2, 0.25) is 5.15 Å². The van der Waals surface area contributed by atoms with Crippen molar-refractivity contribution in [3.63, 3.8) is 0 Å². The molecule has 1 fully saturated rings. The molecule has 6 nitrogen and oxygen atoms in total. The molecule has 0 N–H and O–H groups in total. The van der Waals surface area contributed by atoms with E-state index in [4.69, 9.17) is 16.3 Å². The quantitative estimate of drug-likeness (QED) is 0.469. The summed E-state index contributed by atoms with van der Waals surface area (Å²) < 4.78 is 5.51. The zero-order chi connectivity index (χ0) is 13.1. The van der Waals surface area contributed by atoms with E-state index >= 15 is 0 Å². The largest absolute Gasteiger partial charge is 0.377 e. The molecule has 1 saturated heterocycles. The van der Waals surface area contributed by atoms with Crippen molar-refractivity contribution in [3.05, 3.63) is 27.4 Å². The monoisotopic (exact) mass is 271 g/mol. The van der Waals surface area contributed by atoms with Crippen LogP contribution in [0, 0.1) is 10.1 Å². The Morgan fingerprint density at radius 2 is 2.39 bits per heavy atom. The molecule has 1 aliphatic heterocycles. The van der Waals surface area contributed by atoms with Crippen molar-refractivity contribution >= 4 is 23.1 Å². The molecule has 0 spiro atoms. The summed E-state index contributed by atoms with van der Waals surface area (Å²) >= 11 is 5.83. The fourth-order valence-corrected chi connectivity index (χ4v) is 2.12. The number of aromatic nitrogens is 1. The summed E-state index contributed by atoms with van der Waals surface area (Å²) in [6.07, 6.45) is 0.836. The lowest BCUT2D eigenvalue weighted by atomic mass is 10.3. The van der Waals surface area contributed by atoms with Gasteiger partial charge in [-0.05, 0) is 19.4 Å². The van der Waals surface area contributed by atoms with Crippen LogP contribution in [-0.2, 0) is 4.74 Å². The molecule has 0 radical (unpaired) electrons. The van der Waals surface area contributed by atoms with E-state index in [1.165, 1.54) is 12.1 Å². The van der Waals surface area contributed by atoms with E-state index in [2.05, 4.69) is 4.98 Å². The lowest BCUT2D eigenvalue weighted by molar-refractivity contribution is -0.384. The van der Waals surface area contributed by atoms with Gasteiger partial charge in [-0.1, -0.05) is 11.6 Å². The molecule has 98 valence electrons. The number of hydrogen-bond acceptors (Lipinski definition) is 5. The minimum absolute atomic E-state index is 0.0199. The van der Waals surface area contributed by atoms with Crippen LogP contribution in [0.15, 0.2) is 12.1 Å². The molecule has 1 atom stereocenters. The van der Waals surface area contributed by atoms with E-state index < -0.39 is 4.92 Å². The zero-order valence-electron chi connectivity index (χ0n) is 10.0. The Morgan fingerprint density at radius 1 is 1.61 bits per heavy atom. The number of hydrogen-bond donors (Lipinski definition) is 0. The summed E-state index contributed by atoms with van der Waals surface area (Å²) in [6, 6.07) is 2.82. The molecule has 2 heterocycles. The van der Waals surface area contributed by atoms with E-state index in [1.807, 2.05) is 11.8 Å². The Labute approximate surface area is 110 Å². The molecule has 1 unspecified atom stereocenters.